The zero-order chi connectivity index (χ0) is 21.0. The van der Waals surface area contributed by atoms with Gasteiger partial charge in [-0.05, 0) is 49.2 Å². The van der Waals surface area contributed by atoms with Crippen molar-refractivity contribution >= 4 is 21.6 Å². The summed E-state index contributed by atoms with van der Waals surface area (Å²) >= 11 is 6.05. The number of nitrogens with zero attached hydrogens (tertiary/aromatic N) is 2. The lowest BCUT2D eigenvalue weighted by Gasteiger charge is -2.34. The number of halogens is 1. The highest BCUT2D eigenvalue weighted by atomic mass is 35.5. The summed E-state index contributed by atoms with van der Waals surface area (Å²) in [6, 6.07) is 12.4. The van der Waals surface area contributed by atoms with Gasteiger partial charge in [0.05, 0.1) is 9.92 Å². The van der Waals surface area contributed by atoms with Crippen LogP contribution in [0.2, 0.25) is 5.02 Å². The van der Waals surface area contributed by atoms with E-state index in [1.54, 1.807) is 24.3 Å². The lowest BCUT2D eigenvalue weighted by Crippen LogP contribution is -2.50. The van der Waals surface area contributed by atoms with E-state index in [0.717, 1.165) is 11.1 Å². The van der Waals surface area contributed by atoms with Crippen LogP contribution in [0.5, 0.6) is 5.75 Å². The first-order valence-corrected chi connectivity index (χ1v) is 11.4. The van der Waals surface area contributed by atoms with Crippen molar-refractivity contribution in [2.45, 2.75) is 24.8 Å². The fraction of sp³-hybridized carbons (Fsp3) is 0.429. The first-order valence-electron chi connectivity index (χ1n) is 9.62. The monoisotopic (exact) mass is 438 g/mol. The second kappa shape index (κ2) is 9.45. The van der Waals surface area contributed by atoms with Gasteiger partial charge in [0.15, 0.2) is 0 Å². The molecule has 158 valence electrons. The summed E-state index contributed by atoms with van der Waals surface area (Å²) in [5.74, 6) is 0.539. The highest BCUT2D eigenvalue weighted by molar-refractivity contribution is 7.89. The molecule has 1 N–H and O–H groups in total. The van der Waals surface area contributed by atoms with Gasteiger partial charge in [-0.25, -0.2) is 8.42 Å². The molecule has 0 amide bonds. The summed E-state index contributed by atoms with van der Waals surface area (Å²) in [4.78, 5) is 2.38. The molecule has 0 bridgehead atoms. The number of aryl methyl sites for hydroxylation is 2. The Balaban J connectivity index is 1.50. The molecule has 0 saturated carbocycles. The highest BCUT2D eigenvalue weighted by Gasteiger charge is 2.29. The maximum absolute atomic E-state index is 12.9. The molecule has 1 fully saturated rings. The van der Waals surface area contributed by atoms with Gasteiger partial charge >= 0.3 is 0 Å². The van der Waals surface area contributed by atoms with Crippen LogP contribution in [0.4, 0.5) is 0 Å². The summed E-state index contributed by atoms with van der Waals surface area (Å²) in [7, 11) is -3.50. The number of aliphatic hydroxyl groups excluding tert-OH is 1. The van der Waals surface area contributed by atoms with Crippen LogP contribution in [0.15, 0.2) is 47.4 Å². The molecular formula is C21H27ClN2O4S. The third-order valence-electron chi connectivity index (χ3n) is 5.18. The molecular weight excluding hydrogens is 412 g/mol. The van der Waals surface area contributed by atoms with Gasteiger partial charge in [-0.15, -0.1) is 0 Å². The van der Waals surface area contributed by atoms with Crippen LogP contribution in [-0.2, 0) is 10.0 Å². The number of β-amino-alcohol motifs (C(OH)–C–C–N with tert-alkyl or cyclic N) is 1. The lowest BCUT2D eigenvalue weighted by atomic mass is 10.1. The van der Waals surface area contributed by atoms with Gasteiger partial charge in [0.25, 0.3) is 0 Å². The maximum atomic E-state index is 12.9. The van der Waals surface area contributed by atoms with E-state index in [4.69, 9.17) is 16.3 Å². The van der Waals surface area contributed by atoms with Crippen LogP contribution in [0, 0.1) is 13.8 Å². The fourth-order valence-corrected chi connectivity index (χ4v) is 4.97. The van der Waals surface area contributed by atoms with E-state index < -0.39 is 16.1 Å². The van der Waals surface area contributed by atoms with Crippen LogP contribution in [0.25, 0.3) is 0 Å². The number of piperazine rings is 1. The molecule has 0 aliphatic carbocycles. The second-order valence-electron chi connectivity index (χ2n) is 7.35. The number of para-hydroxylation sites is 1. The van der Waals surface area contributed by atoms with Crippen molar-refractivity contribution in [2.24, 2.45) is 0 Å². The molecule has 2 aromatic rings. The average molecular weight is 439 g/mol. The van der Waals surface area contributed by atoms with Crippen molar-refractivity contribution in [3.63, 3.8) is 0 Å². The molecule has 3 rings (SSSR count). The summed E-state index contributed by atoms with van der Waals surface area (Å²) in [6.45, 7) is 6.34. The van der Waals surface area contributed by atoms with Gasteiger partial charge < -0.3 is 9.84 Å². The second-order valence-corrected chi connectivity index (χ2v) is 9.69. The molecule has 6 nitrogen and oxygen atoms in total. The van der Waals surface area contributed by atoms with Crippen LogP contribution < -0.4 is 4.74 Å². The van der Waals surface area contributed by atoms with Crippen LogP contribution in [0.1, 0.15) is 11.1 Å². The van der Waals surface area contributed by atoms with Crippen LogP contribution in [-0.4, -0.2) is 68.2 Å². The van der Waals surface area contributed by atoms with Gasteiger partial charge in [0.1, 0.15) is 18.5 Å². The highest BCUT2D eigenvalue weighted by Crippen LogP contribution is 2.23. The van der Waals surface area contributed by atoms with Gasteiger partial charge in [0.2, 0.25) is 10.0 Å². The number of benzene rings is 2. The number of ether oxygens (including phenoxy) is 1. The molecule has 1 aliphatic heterocycles. The van der Waals surface area contributed by atoms with E-state index in [1.165, 1.54) is 4.31 Å². The van der Waals surface area contributed by atoms with Crippen molar-refractivity contribution in [3.05, 3.63) is 58.6 Å². The predicted octanol–water partition coefficient (Wildman–Crippen LogP) is 2.70. The number of sulfonamides is 1. The minimum absolute atomic E-state index is 0.130. The molecule has 1 saturated heterocycles. The fourth-order valence-electron chi connectivity index (χ4n) is 3.27. The van der Waals surface area contributed by atoms with Crippen LogP contribution >= 0.6 is 11.6 Å². The standard InChI is InChI=1S/C21H27ClN2O4S/c1-16-7-8-19(13-17(16)2)29(26,27)24-11-9-23(10-12-24)14-18(25)15-28-21-6-4-3-5-20(21)22/h3-8,13,18,25H,9-12,14-15H2,1-2H3. The normalized spacial score (nSPS) is 17.2. The summed E-state index contributed by atoms with van der Waals surface area (Å²) < 4.78 is 32.9. The minimum Gasteiger partial charge on any atom is -0.489 e. The van der Waals surface area contributed by atoms with Gasteiger partial charge in [-0.2, -0.15) is 4.31 Å². The molecule has 1 unspecified atom stereocenters. The number of aliphatic hydroxyl groups is 1. The van der Waals surface area contributed by atoms with Gasteiger partial charge in [-0.3, -0.25) is 4.90 Å². The Bertz CT molecular complexity index is 943. The third kappa shape index (κ3) is 5.49. The third-order valence-corrected chi connectivity index (χ3v) is 7.39. The Morgan fingerprint density at radius 2 is 1.76 bits per heavy atom. The topological polar surface area (TPSA) is 70.1 Å². The quantitative estimate of drug-likeness (QED) is 0.719. The van der Waals surface area contributed by atoms with Crippen molar-refractivity contribution in [2.75, 3.05) is 39.3 Å². The van der Waals surface area contributed by atoms with E-state index in [2.05, 4.69) is 0 Å². The lowest BCUT2D eigenvalue weighted by molar-refractivity contribution is 0.0569. The number of rotatable bonds is 7. The Labute approximate surface area is 177 Å². The SMILES string of the molecule is Cc1ccc(S(=O)(=O)N2CCN(CC(O)COc3ccccc3Cl)CC2)cc1C. The molecule has 0 radical (unpaired) electrons. The number of hydrogen-bond donors (Lipinski definition) is 1. The van der Waals surface area contributed by atoms with Crippen molar-refractivity contribution in [1.29, 1.82) is 0 Å². The van der Waals surface area contributed by atoms with Crippen molar-refractivity contribution in [3.8, 4) is 5.75 Å². The van der Waals surface area contributed by atoms with Crippen molar-refractivity contribution in [1.82, 2.24) is 9.21 Å². The Hall–Kier alpha value is -1.64. The molecule has 29 heavy (non-hydrogen) atoms. The largest absolute Gasteiger partial charge is 0.489 e. The predicted molar refractivity (Wildman–Crippen MR) is 114 cm³/mol. The molecule has 2 aromatic carbocycles. The molecule has 8 heteroatoms. The first-order chi connectivity index (χ1) is 13.8. The van der Waals surface area contributed by atoms with E-state index in [1.807, 2.05) is 36.9 Å². The minimum atomic E-state index is -3.50. The number of hydrogen-bond acceptors (Lipinski definition) is 5. The van der Waals surface area contributed by atoms with E-state index >= 15 is 0 Å². The Morgan fingerprint density at radius 3 is 2.41 bits per heavy atom. The molecule has 1 atom stereocenters. The van der Waals surface area contributed by atoms with Crippen LogP contribution in [0.3, 0.4) is 0 Å². The average Bonchev–Trinajstić information content (AvgIpc) is 2.70. The van der Waals surface area contributed by atoms with E-state index in [-0.39, 0.29) is 6.61 Å². The smallest absolute Gasteiger partial charge is 0.243 e. The Morgan fingerprint density at radius 1 is 1.07 bits per heavy atom. The zero-order valence-electron chi connectivity index (χ0n) is 16.7. The summed E-state index contributed by atoms with van der Waals surface area (Å²) in [6.07, 6.45) is -0.686. The van der Waals surface area contributed by atoms with E-state index in [0.29, 0.717) is 48.4 Å². The first kappa shape index (κ1) is 22.1. The maximum Gasteiger partial charge on any atom is 0.243 e. The Kier molecular flexibility index (Phi) is 7.19. The zero-order valence-corrected chi connectivity index (χ0v) is 18.3. The molecule has 0 spiro atoms. The molecule has 0 aromatic heterocycles. The van der Waals surface area contributed by atoms with Gasteiger partial charge in [-0.1, -0.05) is 29.8 Å². The van der Waals surface area contributed by atoms with E-state index in [9.17, 15) is 13.5 Å². The molecule has 1 aliphatic rings. The van der Waals surface area contributed by atoms with Crippen molar-refractivity contribution < 1.29 is 18.3 Å². The summed E-state index contributed by atoms with van der Waals surface area (Å²) in [5, 5.41) is 10.8. The summed E-state index contributed by atoms with van der Waals surface area (Å²) in [5.41, 5.74) is 2.04. The molecule has 1 heterocycles. The van der Waals surface area contributed by atoms with Gasteiger partial charge in [0, 0.05) is 32.7 Å².